The quantitative estimate of drug-likeness (QED) is 0.239. The van der Waals surface area contributed by atoms with E-state index >= 15 is 0 Å². The van der Waals surface area contributed by atoms with Gasteiger partial charge in [0, 0.05) is 24.4 Å². The SMILES string of the molecule is CC(C)(C)OC(=O)NCC(=O)NC(C)(C)C(=O)N1CCC[C@H]1C(=O)OCC(=O)Nc1ccc([N+](=O)[O-])cc1. The van der Waals surface area contributed by atoms with Gasteiger partial charge in [0.2, 0.25) is 11.8 Å². The maximum atomic E-state index is 13.2. The van der Waals surface area contributed by atoms with Crippen molar-refractivity contribution in [1.29, 1.82) is 0 Å². The number of nitro groups is 1. The zero-order chi connectivity index (χ0) is 28.7. The largest absolute Gasteiger partial charge is 0.454 e. The monoisotopic (exact) mass is 535 g/mol. The number of non-ortho nitro benzene ring substituents is 1. The van der Waals surface area contributed by atoms with Crippen LogP contribution in [0.3, 0.4) is 0 Å². The number of nitro benzene ring substituents is 1. The topological polar surface area (TPSA) is 186 Å². The fourth-order valence-corrected chi connectivity index (χ4v) is 3.62. The van der Waals surface area contributed by atoms with Gasteiger partial charge in [0.25, 0.3) is 11.6 Å². The Balaban J connectivity index is 1.88. The highest BCUT2D eigenvalue weighted by Gasteiger charge is 2.42. The van der Waals surface area contributed by atoms with Gasteiger partial charge in [-0.25, -0.2) is 9.59 Å². The van der Waals surface area contributed by atoms with Crippen molar-refractivity contribution in [2.24, 2.45) is 0 Å². The van der Waals surface area contributed by atoms with Crippen molar-refractivity contribution in [2.45, 2.75) is 64.6 Å². The first-order valence-corrected chi connectivity index (χ1v) is 11.9. The number of rotatable bonds is 9. The first-order chi connectivity index (χ1) is 17.6. The van der Waals surface area contributed by atoms with Crippen LogP contribution in [-0.2, 0) is 28.7 Å². The second-order valence-corrected chi connectivity index (χ2v) is 10.1. The molecule has 208 valence electrons. The van der Waals surface area contributed by atoms with E-state index in [1.165, 1.54) is 43.0 Å². The molecule has 1 fully saturated rings. The number of likely N-dealkylation sites (tertiary alicyclic amines) is 1. The Morgan fingerprint density at radius 1 is 1.05 bits per heavy atom. The average Bonchev–Trinajstić information content (AvgIpc) is 3.29. The number of hydrogen-bond donors (Lipinski definition) is 3. The van der Waals surface area contributed by atoms with Gasteiger partial charge in [-0.15, -0.1) is 0 Å². The van der Waals surface area contributed by atoms with Gasteiger partial charge in [0.1, 0.15) is 23.7 Å². The molecule has 0 aliphatic carbocycles. The molecule has 0 spiro atoms. The van der Waals surface area contributed by atoms with E-state index in [2.05, 4.69) is 16.0 Å². The van der Waals surface area contributed by atoms with Crippen molar-refractivity contribution in [2.75, 3.05) is 25.0 Å². The van der Waals surface area contributed by atoms with E-state index in [1.807, 2.05) is 0 Å². The Morgan fingerprint density at radius 3 is 2.26 bits per heavy atom. The van der Waals surface area contributed by atoms with Gasteiger partial charge in [-0.1, -0.05) is 0 Å². The maximum absolute atomic E-state index is 13.2. The zero-order valence-electron chi connectivity index (χ0n) is 22.0. The van der Waals surface area contributed by atoms with Crippen LogP contribution in [0.15, 0.2) is 24.3 Å². The number of ether oxygens (including phenoxy) is 2. The van der Waals surface area contributed by atoms with E-state index in [0.717, 1.165) is 0 Å². The van der Waals surface area contributed by atoms with E-state index < -0.39 is 65.0 Å². The molecule has 3 N–H and O–H groups in total. The molecule has 14 nitrogen and oxygen atoms in total. The molecule has 1 aliphatic rings. The van der Waals surface area contributed by atoms with Crippen LogP contribution in [-0.4, -0.2) is 76.5 Å². The van der Waals surface area contributed by atoms with Crippen molar-refractivity contribution in [3.05, 3.63) is 34.4 Å². The van der Waals surface area contributed by atoms with Gasteiger partial charge in [-0.2, -0.15) is 0 Å². The second-order valence-electron chi connectivity index (χ2n) is 10.1. The Hall–Kier alpha value is -4.23. The van der Waals surface area contributed by atoms with Crippen LogP contribution in [0.25, 0.3) is 0 Å². The van der Waals surface area contributed by atoms with Gasteiger partial charge in [0.05, 0.1) is 4.92 Å². The summed E-state index contributed by atoms with van der Waals surface area (Å²) >= 11 is 0. The summed E-state index contributed by atoms with van der Waals surface area (Å²) in [5.74, 6) is -2.59. The summed E-state index contributed by atoms with van der Waals surface area (Å²) in [5.41, 5.74) is -1.99. The Labute approximate surface area is 219 Å². The number of benzene rings is 1. The molecule has 4 amide bonds. The lowest BCUT2D eigenvalue weighted by Gasteiger charge is -2.32. The summed E-state index contributed by atoms with van der Waals surface area (Å²) in [6, 6.07) is 4.18. The summed E-state index contributed by atoms with van der Waals surface area (Å²) in [6.45, 7) is 7.19. The van der Waals surface area contributed by atoms with Crippen LogP contribution in [0.2, 0.25) is 0 Å². The minimum absolute atomic E-state index is 0.140. The minimum Gasteiger partial charge on any atom is -0.454 e. The van der Waals surface area contributed by atoms with Gasteiger partial charge in [-0.05, 0) is 59.6 Å². The van der Waals surface area contributed by atoms with E-state index in [-0.39, 0.29) is 17.9 Å². The molecular formula is C24H33N5O9. The van der Waals surface area contributed by atoms with E-state index in [4.69, 9.17) is 9.47 Å². The molecule has 1 heterocycles. The van der Waals surface area contributed by atoms with Crippen molar-refractivity contribution in [3.8, 4) is 0 Å². The van der Waals surface area contributed by atoms with E-state index in [0.29, 0.717) is 12.8 Å². The average molecular weight is 536 g/mol. The molecular weight excluding hydrogens is 502 g/mol. The summed E-state index contributed by atoms with van der Waals surface area (Å²) in [6.07, 6.45) is 0.0560. The first-order valence-electron chi connectivity index (χ1n) is 11.9. The first kappa shape index (κ1) is 30.0. The zero-order valence-corrected chi connectivity index (χ0v) is 22.0. The molecule has 1 saturated heterocycles. The van der Waals surface area contributed by atoms with Crippen molar-refractivity contribution in [1.82, 2.24) is 15.5 Å². The Bertz CT molecular complexity index is 1080. The third kappa shape index (κ3) is 9.01. The molecule has 0 saturated carbocycles. The highest BCUT2D eigenvalue weighted by Crippen LogP contribution is 2.23. The molecule has 1 aromatic rings. The highest BCUT2D eigenvalue weighted by atomic mass is 16.6. The molecule has 1 aromatic carbocycles. The fraction of sp³-hybridized carbons (Fsp3) is 0.542. The third-order valence-electron chi connectivity index (χ3n) is 5.27. The number of nitrogens with zero attached hydrogens (tertiary/aromatic N) is 2. The molecule has 2 rings (SSSR count). The Kier molecular flexibility index (Phi) is 9.74. The van der Waals surface area contributed by atoms with Gasteiger partial charge < -0.3 is 30.3 Å². The summed E-state index contributed by atoms with van der Waals surface area (Å²) in [4.78, 5) is 73.5. The number of hydrogen-bond acceptors (Lipinski definition) is 9. The van der Waals surface area contributed by atoms with Crippen molar-refractivity contribution >= 4 is 41.2 Å². The molecule has 0 aromatic heterocycles. The molecule has 0 bridgehead atoms. The summed E-state index contributed by atoms with van der Waals surface area (Å²) < 4.78 is 10.2. The molecule has 0 unspecified atom stereocenters. The molecule has 0 radical (unpaired) electrons. The lowest BCUT2D eigenvalue weighted by molar-refractivity contribution is -0.384. The van der Waals surface area contributed by atoms with E-state index in [9.17, 15) is 34.1 Å². The van der Waals surface area contributed by atoms with Gasteiger partial charge >= 0.3 is 12.1 Å². The smallest absolute Gasteiger partial charge is 0.408 e. The van der Waals surface area contributed by atoms with Crippen LogP contribution < -0.4 is 16.0 Å². The predicted molar refractivity (Wildman–Crippen MR) is 134 cm³/mol. The molecule has 1 atom stereocenters. The highest BCUT2D eigenvalue weighted by molar-refractivity contribution is 5.96. The summed E-state index contributed by atoms with van der Waals surface area (Å²) in [5, 5.41) is 18.0. The standard InChI is InChI=1S/C24H33N5O9/c1-23(2,3)38-22(34)25-13-18(30)27-24(4,5)21(33)28-12-6-7-17(28)20(32)37-14-19(31)26-15-8-10-16(11-9-15)29(35)36/h8-11,17H,6-7,12-14H2,1-5H3,(H,25,34)(H,26,31)(H,27,30)/t17-/m0/s1. The number of nitrogens with one attached hydrogen (secondary N) is 3. The fourth-order valence-electron chi connectivity index (χ4n) is 3.62. The number of esters is 1. The lowest BCUT2D eigenvalue weighted by Crippen LogP contribution is -2.59. The van der Waals surface area contributed by atoms with Crippen LogP contribution in [0, 0.1) is 10.1 Å². The minimum atomic E-state index is -1.40. The van der Waals surface area contributed by atoms with Crippen LogP contribution in [0.4, 0.5) is 16.2 Å². The number of anilines is 1. The number of amides is 4. The number of alkyl carbamates (subject to hydrolysis) is 1. The molecule has 14 heteroatoms. The van der Waals surface area contributed by atoms with Crippen molar-refractivity contribution < 1.29 is 38.4 Å². The Morgan fingerprint density at radius 2 is 1.68 bits per heavy atom. The van der Waals surface area contributed by atoms with Crippen LogP contribution >= 0.6 is 0 Å². The second kappa shape index (κ2) is 12.3. The third-order valence-corrected chi connectivity index (χ3v) is 5.27. The van der Waals surface area contributed by atoms with E-state index in [1.54, 1.807) is 20.8 Å². The van der Waals surface area contributed by atoms with Crippen molar-refractivity contribution in [3.63, 3.8) is 0 Å². The maximum Gasteiger partial charge on any atom is 0.408 e. The number of carbonyl (C=O) groups excluding carboxylic acids is 5. The van der Waals surface area contributed by atoms with Crippen LogP contribution in [0.5, 0.6) is 0 Å². The van der Waals surface area contributed by atoms with Gasteiger partial charge in [0.15, 0.2) is 6.61 Å². The summed E-state index contributed by atoms with van der Waals surface area (Å²) in [7, 11) is 0. The lowest BCUT2D eigenvalue weighted by atomic mass is 10.0. The predicted octanol–water partition coefficient (Wildman–Crippen LogP) is 1.49. The normalized spacial score (nSPS) is 15.3. The van der Waals surface area contributed by atoms with Crippen LogP contribution in [0.1, 0.15) is 47.5 Å². The number of carbonyl (C=O) groups is 5. The molecule has 38 heavy (non-hydrogen) atoms. The van der Waals surface area contributed by atoms with Gasteiger partial charge in [-0.3, -0.25) is 24.5 Å². The molecule has 1 aliphatic heterocycles.